The summed E-state index contributed by atoms with van der Waals surface area (Å²) < 4.78 is 48.5. The van der Waals surface area contributed by atoms with Crippen LogP contribution in [0.25, 0.3) is 0 Å². The average Bonchev–Trinajstić information content (AvgIpc) is 1.97. The van der Waals surface area contributed by atoms with Gasteiger partial charge >= 0.3 is 17.8 Å². The van der Waals surface area contributed by atoms with E-state index in [4.69, 9.17) is 5.11 Å². The lowest BCUT2D eigenvalue weighted by atomic mass is 10.0. The molecule has 1 unspecified atom stereocenters. The predicted octanol–water partition coefficient (Wildman–Crippen LogP) is 2.31. The zero-order valence-electron chi connectivity index (χ0n) is 6.73. The summed E-state index contributed by atoms with van der Waals surface area (Å²) in [7, 11) is 0. The quantitative estimate of drug-likeness (QED) is 0.560. The second-order valence-corrected chi connectivity index (χ2v) is 2.38. The van der Waals surface area contributed by atoms with Gasteiger partial charge in [0.25, 0.3) is 0 Å². The minimum Gasteiger partial charge on any atom is -0.479 e. The fourth-order valence-corrected chi connectivity index (χ4v) is 0.605. The maximum Gasteiger partial charge on any atom is 0.433 e. The summed E-state index contributed by atoms with van der Waals surface area (Å²) in [6.07, 6.45) is -4.62. The van der Waals surface area contributed by atoms with Crippen molar-refractivity contribution in [1.29, 1.82) is 0 Å². The van der Waals surface area contributed by atoms with Gasteiger partial charge in [0.1, 0.15) is 0 Å². The number of allylic oxidation sites excluding steroid dienone is 2. The molecule has 2 nitrogen and oxygen atoms in total. The van der Waals surface area contributed by atoms with Crippen LogP contribution < -0.4 is 0 Å². The Morgan fingerprint density at radius 3 is 2.08 bits per heavy atom. The Kier molecular flexibility index (Phi) is 3.45. The van der Waals surface area contributed by atoms with Gasteiger partial charge in [0.2, 0.25) is 0 Å². The molecule has 0 radical (unpaired) electrons. The number of hydrogen-bond acceptors (Lipinski definition) is 1. The van der Waals surface area contributed by atoms with Crippen molar-refractivity contribution in [2.45, 2.75) is 25.2 Å². The standard InChI is InChI=1S/C7H8F4O2/c1-2-3-4-6(8,5(12)13)7(9,10)11/h2-3H,4H2,1H3,(H,12,13)/b3-2+. The van der Waals surface area contributed by atoms with Crippen LogP contribution in [-0.2, 0) is 4.79 Å². The Morgan fingerprint density at radius 1 is 1.38 bits per heavy atom. The van der Waals surface area contributed by atoms with Crippen LogP contribution in [0, 0.1) is 0 Å². The van der Waals surface area contributed by atoms with Gasteiger partial charge in [-0.15, -0.1) is 0 Å². The lowest BCUT2D eigenvalue weighted by molar-refractivity contribution is -0.235. The molecule has 0 aromatic carbocycles. The maximum absolute atomic E-state index is 12.8. The number of carbonyl (C=O) groups is 1. The SMILES string of the molecule is C/C=C/CC(F)(C(=O)O)C(F)(F)F. The van der Waals surface area contributed by atoms with Gasteiger partial charge in [0.05, 0.1) is 0 Å². The zero-order chi connectivity index (χ0) is 10.7. The number of rotatable bonds is 3. The Bertz CT molecular complexity index is 221. The largest absolute Gasteiger partial charge is 0.479 e. The smallest absolute Gasteiger partial charge is 0.433 e. The summed E-state index contributed by atoms with van der Waals surface area (Å²) in [6, 6.07) is 0. The molecule has 0 heterocycles. The van der Waals surface area contributed by atoms with Crippen LogP contribution in [-0.4, -0.2) is 22.9 Å². The van der Waals surface area contributed by atoms with E-state index in [2.05, 4.69) is 0 Å². The number of aliphatic carboxylic acids is 1. The number of halogens is 4. The lowest BCUT2D eigenvalue weighted by Gasteiger charge is -2.21. The predicted molar refractivity (Wildman–Crippen MR) is 37.0 cm³/mol. The summed E-state index contributed by atoms with van der Waals surface area (Å²) in [5.41, 5.74) is -4.18. The first-order valence-corrected chi connectivity index (χ1v) is 3.36. The van der Waals surface area contributed by atoms with E-state index in [1.54, 1.807) is 0 Å². The van der Waals surface area contributed by atoms with Crippen molar-refractivity contribution in [2.75, 3.05) is 0 Å². The molecular weight excluding hydrogens is 192 g/mol. The number of hydrogen-bond donors (Lipinski definition) is 1. The highest BCUT2D eigenvalue weighted by Gasteiger charge is 2.61. The van der Waals surface area contributed by atoms with Gasteiger partial charge in [-0.25, -0.2) is 9.18 Å². The zero-order valence-corrected chi connectivity index (χ0v) is 6.73. The molecule has 13 heavy (non-hydrogen) atoms. The number of carboxylic acid groups (broad SMARTS) is 1. The summed E-state index contributed by atoms with van der Waals surface area (Å²) in [5, 5.41) is 8.07. The van der Waals surface area contributed by atoms with Crippen molar-refractivity contribution in [3.05, 3.63) is 12.2 Å². The van der Waals surface area contributed by atoms with Crippen LogP contribution in [0.2, 0.25) is 0 Å². The first-order chi connectivity index (χ1) is 5.75. The number of alkyl halides is 4. The second-order valence-electron chi connectivity index (χ2n) is 2.38. The highest BCUT2D eigenvalue weighted by molar-refractivity contribution is 5.78. The fraction of sp³-hybridized carbons (Fsp3) is 0.571. The maximum atomic E-state index is 12.8. The molecule has 1 N–H and O–H groups in total. The summed E-state index contributed by atoms with van der Waals surface area (Å²) in [5.74, 6) is -2.52. The molecule has 0 saturated heterocycles. The molecule has 0 aliphatic rings. The van der Waals surface area contributed by atoms with E-state index < -0.39 is 24.2 Å². The van der Waals surface area contributed by atoms with Gasteiger partial charge < -0.3 is 5.11 Å². The van der Waals surface area contributed by atoms with Gasteiger partial charge in [-0.2, -0.15) is 13.2 Å². The van der Waals surface area contributed by atoms with Gasteiger partial charge in [0.15, 0.2) is 0 Å². The van der Waals surface area contributed by atoms with E-state index in [-0.39, 0.29) is 0 Å². The molecule has 0 aliphatic carbocycles. The summed E-state index contributed by atoms with van der Waals surface area (Å²) in [6.45, 7) is 1.37. The van der Waals surface area contributed by atoms with E-state index in [9.17, 15) is 22.4 Å². The van der Waals surface area contributed by atoms with E-state index in [0.29, 0.717) is 0 Å². The van der Waals surface area contributed by atoms with Crippen molar-refractivity contribution in [3.63, 3.8) is 0 Å². The van der Waals surface area contributed by atoms with Crippen LogP contribution in [0.3, 0.4) is 0 Å². The minimum atomic E-state index is -5.39. The molecule has 1 atom stereocenters. The molecule has 0 spiro atoms. The van der Waals surface area contributed by atoms with Crippen LogP contribution in [0.15, 0.2) is 12.2 Å². The summed E-state index contributed by atoms with van der Waals surface area (Å²) >= 11 is 0. The Labute approximate surface area is 71.9 Å². The van der Waals surface area contributed by atoms with Crippen molar-refractivity contribution >= 4 is 5.97 Å². The fourth-order valence-electron chi connectivity index (χ4n) is 0.605. The van der Waals surface area contributed by atoms with Crippen LogP contribution >= 0.6 is 0 Å². The first kappa shape index (κ1) is 11.9. The van der Waals surface area contributed by atoms with Crippen molar-refractivity contribution in [3.8, 4) is 0 Å². The van der Waals surface area contributed by atoms with Crippen LogP contribution in [0.4, 0.5) is 17.6 Å². The monoisotopic (exact) mass is 200 g/mol. The molecule has 76 valence electrons. The van der Waals surface area contributed by atoms with E-state index in [1.807, 2.05) is 0 Å². The molecule has 0 fully saturated rings. The molecule has 0 amide bonds. The molecule has 6 heteroatoms. The van der Waals surface area contributed by atoms with E-state index in [0.717, 1.165) is 12.2 Å². The highest BCUT2D eigenvalue weighted by Crippen LogP contribution is 2.37. The Morgan fingerprint density at radius 2 is 1.85 bits per heavy atom. The topological polar surface area (TPSA) is 37.3 Å². The average molecular weight is 200 g/mol. The van der Waals surface area contributed by atoms with Gasteiger partial charge in [-0.05, 0) is 6.92 Å². The highest BCUT2D eigenvalue weighted by atomic mass is 19.4. The second kappa shape index (κ2) is 3.76. The normalized spacial score (nSPS) is 17.3. The van der Waals surface area contributed by atoms with E-state index in [1.165, 1.54) is 6.92 Å². The molecule has 0 aromatic rings. The van der Waals surface area contributed by atoms with Crippen LogP contribution in [0.1, 0.15) is 13.3 Å². The molecule has 0 rings (SSSR count). The van der Waals surface area contributed by atoms with Crippen molar-refractivity contribution in [2.24, 2.45) is 0 Å². The van der Waals surface area contributed by atoms with Crippen molar-refractivity contribution in [1.82, 2.24) is 0 Å². The number of carboxylic acids is 1. The third kappa shape index (κ3) is 2.43. The third-order valence-corrected chi connectivity index (χ3v) is 1.42. The Balaban J connectivity index is 4.85. The Hall–Kier alpha value is -1.07. The third-order valence-electron chi connectivity index (χ3n) is 1.42. The lowest BCUT2D eigenvalue weighted by Crippen LogP contribution is -2.47. The molecular formula is C7H8F4O2. The molecule has 0 saturated carbocycles. The minimum absolute atomic E-state index is 0.821. The van der Waals surface area contributed by atoms with Crippen LogP contribution in [0.5, 0.6) is 0 Å². The molecule has 0 aliphatic heterocycles. The van der Waals surface area contributed by atoms with E-state index >= 15 is 0 Å². The van der Waals surface area contributed by atoms with Gasteiger partial charge in [-0.3, -0.25) is 0 Å². The van der Waals surface area contributed by atoms with Gasteiger partial charge in [-0.1, -0.05) is 12.2 Å². The summed E-state index contributed by atoms with van der Waals surface area (Å²) in [4.78, 5) is 10.0. The van der Waals surface area contributed by atoms with Crippen molar-refractivity contribution < 1.29 is 27.5 Å². The first-order valence-electron chi connectivity index (χ1n) is 3.36. The molecule has 0 aromatic heterocycles. The molecule has 0 bridgehead atoms. The van der Waals surface area contributed by atoms with Gasteiger partial charge in [0, 0.05) is 6.42 Å².